The first-order valence-corrected chi connectivity index (χ1v) is 8.67. The van der Waals surface area contributed by atoms with Gasteiger partial charge in [-0.3, -0.25) is 4.79 Å². The number of carbonyl (C=O) groups excluding carboxylic acids is 1. The third-order valence-electron chi connectivity index (χ3n) is 4.77. The molecule has 0 radical (unpaired) electrons. The van der Waals surface area contributed by atoms with Crippen LogP contribution in [0.25, 0.3) is 11.0 Å². The molecule has 2 atom stereocenters. The molecule has 2 N–H and O–H groups in total. The number of nitrogens with zero attached hydrogens (tertiary/aromatic N) is 1. The Kier molecular flexibility index (Phi) is 5.21. The van der Waals surface area contributed by atoms with Gasteiger partial charge in [0.2, 0.25) is 0 Å². The summed E-state index contributed by atoms with van der Waals surface area (Å²) < 4.78 is 5.83. The Balaban J connectivity index is 1.78. The Bertz CT molecular complexity index is 708. The van der Waals surface area contributed by atoms with Crippen molar-refractivity contribution in [3.63, 3.8) is 0 Å². The van der Waals surface area contributed by atoms with Crippen LogP contribution in [0.4, 0.5) is 0 Å². The van der Waals surface area contributed by atoms with Crippen molar-refractivity contribution in [3.05, 3.63) is 35.6 Å². The van der Waals surface area contributed by atoms with Crippen LogP contribution in [-0.4, -0.2) is 42.7 Å². The van der Waals surface area contributed by atoms with Crippen molar-refractivity contribution in [1.82, 2.24) is 10.2 Å². The number of carbonyl (C=O) groups is 1. The van der Waals surface area contributed by atoms with Crippen LogP contribution in [0.1, 0.15) is 41.8 Å². The first kappa shape index (κ1) is 17.0. The zero-order valence-electron chi connectivity index (χ0n) is 14.4. The van der Waals surface area contributed by atoms with Gasteiger partial charge < -0.3 is 19.7 Å². The predicted molar refractivity (Wildman–Crippen MR) is 93.9 cm³/mol. The maximum atomic E-state index is 12.7. The number of benzene rings is 1. The number of hydrogen-bond donors (Lipinski definition) is 2. The minimum absolute atomic E-state index is 0.143. The Morgan fingerprint density at radius 1 is 1.29 bits per heavy atom. The fraction of sp³-hybridized carbons (Fsp3) is 0.526. The lowest BCUT2D eigenvalue weighted by Gasteiger charge is -2.27. The molecule has 1 aliphatic rings. The van der Waals surface area contributed by atoms with Crippen LogP contribution < -0.4 is 5.32 Å². The van der Waals surface area contributed by atoms with Crippen LogP contribution in [0.2, 0.25) is 0 Å². The highest BCUT2D eigenvalue weighted by molar-refractivity contribution is 5.99. The molecule has 5 heteroatoms. The number of hydrogen-bond acceptors (Lipinski definition) is 4. The molecule has 1 heterocycles. The van der Waals surface area contributed by atoms with E-state index in [4.69, 9.17) is 4.42 Å². The molecule has 1 saturated carbocycles. The monoisotopic (exact) mass is 330 g/mol. The highest BCUT2D eigenvalue weighted by Gasteiger charge is 2.25. The molecule has 0 spiro atoms. The maximum Gasteiger partial charge on any atom is 0.287 e. The number of nitrogens with one attached hydrogen (secondary N) is 1. The second-order valence-corrected chi connectivity index (χ2v) is 6.97. The molecule has 5 nitrogen and oxygen atoms in total. The van der Waals surface area contributed by atoms with E-state index in [1.165, 1.54) is 0 Å². The lowest BCUT2D eigenvalue weighted by atomic mass is 9.86. The lowest BCUT2D eigenvalue weighted by molar-refractivity contribution is 0.0656. The summed E-state index contributed by atoms with van der Waals surface area (Å²) in [5, 5.41) is 14.0. The Morgan fingerprint density at radius 3 is 2.79 bits per heavy atom. The molecule has 24 heavy (non-hydrogen) atoms. The average Bonchev–Trinajstić information content (AvgIpc) is 2.92. The molecule has 0 bridgehead atoms. The molecule has 1 amide bonds. The van der Waals surface area contributed by atoms with Gasteiger partial charge >= 0.3 is 0 Å². The Morgan fingerprint density at radius 2 is 2.04 bits per heavy atom. The van der Waals surface area contributed by atoms with E-state index in [2.05, 4.69) is 5.32 Å². The van der Waals surface area contributed by atoms with Gasteiger partial charge in [-0.15, -0.1) is 0 Å². The highest BCUT2D eigenvalue weighted by Crippen LogP contribution is 2.27. The van der Waals surface area contributed by atoms with Crippen LogP contribution in [-0.2, 0) is 6.54 Å². The van der Waals surface area contributed by atoms with Gasteiger partial charge in [0.05, 0.1) is 6.10 Å². The van der Waals surface area contributed by atoms with E-state index in [1.807, 2.05) is 43.3 Å². The minimum Gasteiger partial charge on any atom is -0.451 e. The second kappa shape index (κ2) is 7.36. The fourth-order valence-electron chi connectivity index (χ4n) is 3.49. The van der Waals surface area contributed by atoms with Gasteiger partial charge in [0.1, 0.15) is 5.58 Å². The van der Waals surface area contributed by atoms with Gasteiger partial charge in [-0.2, -0.15) is 0 Å². The number of furan rings is 1. The quantitative estimate of drug-likeness (QED) is 0.885. The largest absolute Gasteiger partial charge is 0.451 e. The molecule has 0 saturated heterocycles. The standard InChI is InChI=1S/C19H26N2O3/c1-21(2)12-15-14-8-4-6-10-17(14)24-18(15)19(23)20-11-13-7-3-5-9-16(13)22/h4,6,8,10,13,16,22H,3,5,7,9,11-12H2,1-2H3,(H,20,23)/t13-,16+/m1/s1. The van der Waals surface area contributed by atoms with Gasteiger partial charge in [0, 0.05) is 30.0 Å². The first-order chi connectivity index (χ1) is 11.6. The van der Waals surface area contributed by atoms with Gasteiger partial charge in [-0.1, -0.05) is 31.0 Å². The highest BCUT2D eigenvalue weighted by atomic mass is 16.3. The van der Waals surface area contributed by atoms with Crippen molar-refractivity contribution < 1.29 is 14.3 Å². The summed E-state index contributed by atoms with van der Waals surface area (Å²) in [6.45, 7) is 1.14. The predicted octanol–water partition coefficient (Wildman–Crippen LogP) is 2.78. The van der Waals surface area contributed by atoms with E-state index >= 15 is 0 Å². The molecule has 1 aromatic carbocycles. The van der Waals surface area contributed by atoms with Crippen molar-refractivity contribution in [2.45, 2.75) is 38.3 Å². The molecule has 1 aliphatic carbocycles. The minimum atomic E-state index is -0.309. The van der Waals surface area contributed by atoms with Crippen molar-refractivity contribution in [1.29, 1.82) is 0 Å². The summed E-state index contributed by atoms with van der Waals surface area (Å²) in [5.74, 6) is 0.334. The van der Waals surface area contributed by atoms with Crippen LogP contribution in [0, 0.1) is 5.92 Å². The number of aliphatic hydroxyl groups excluding tert-OH is 1. The molecule has 0 aliphatic heterocycles. The van der Waals surface area contributed by atoms with Crippen molar-refractivity contribution in [2.24, 2.45) is 5.92 Å². The van der Waals surface area contributed by atoms with E-state index in [1.54, 1.807) is 0 Å². The molecule has 0 unspecified atom stereocenters. The number of rotatable bonds is 5. The van der Waals surface area contributed by atoms with Gasteiger partial charge in [-0.25, -0.2) is 0 Å². The number of amides is 1. The average molecular weight is 330 g/mol. The topological polar surface area (TPSA) is 65.7 Å². The first-order valence-electron chi connectivity index (χ1n) is 8.67. The summed E-state index contributed by atoms with van der Waals surface area (Å²) in [6.07, 6.45) is 3.68. The molecular formula is C19H26N2O3. The van der Waals surface area contributed by atoms with Crippen molar-refractivity contribution in [3.8, 4) is 0 Å². The fourth-order valence-corrected chi connectivity index (χ4v) is 3.49. The number of para-hydroxylation sites is 1. The number of aliphatic hydroxyl groups is 1. The molecule has 1 aromatic heterocycles. The zero-order valence-corrected chi connectivity index (χ0v) is 14.4. The van der Waals surface area contributed by atoms with Crippen LogP contribution in [0.15, 0.2) is 28.7 Å². The van der Waals surface area contributed by atoms with Gasteiger partial charge in [0.15, 0.2) is 5.76 Å². The van der Waals surface area contributed by atoms with E-state index in [0.717, 1.165) is 42.2 Å². The third kappa shape index (κ3) is 3.62. The van der Waals surface area contributed by atoms with E-state index in [-0.39, 0.29) is 17.9 Å². The summed E-state index contributed by atoms with van der Waals surface area (Å²) in [7, 11) is 3.95. The molecule has 130 valence electrons. The van der Waals surface area contributed by atoms with Crippen molar-refractivity contribution >= 4 is 16.9 Å². The smallest absolute Gasteiger partial charge is 0.287 e. The van der Waals surface area contributed by atoms with E-state index in [9.17, 15) is 9.90 Å². The molecule has 1 fully saturated rings. The van der Waals surface area contributed by atoms with Crippen molar-refractivity contribution in [2.75, 3.05) is 20.6 Å². The Hall–Kier alpha value is -1.85. The SMILES string of the molecule is CN(C)Cc1c(C(=O)NC[C@H]2CCCC[C@@H]2O)oc2ccccc12. The summed E-state index contributed by atoms with van der Waals surface area (Å²) in [5.41, 5.74) is 1.65. The zero-order chi connectivity index (χ0) is 17.1. The summed E-state index contributed by atoms with van der Waals surface area (Å²) in [6, 6.07) is 7.73. The molecular weight excluding hydrogens is 304 g/mol. The third-order valence-corrected chi connectivity index (χ3v) is 4.77. The van der Waals surface area contributed by atoms with Crippen LogP contribution in [0.5, 0.6) is 0 Å². The number of fused-ring (bicyclic) bond motifs is 1. The Labute approximate surface area is 142 Å². The van der Waals surface area contributed by atoms with Crippen LogP contribution >= 0.6 is 0 Å². The van der Waals surface area contributed by atoms with Crippen LogP contribution in [0.3, 0.4) is 0 Å². The molecule has 3 rings (SSSR count). The van der Waals surface area contributed by atoms with E-state index in [0.29, 0.717) is 18.8 Å². The van der Waals surface area contributed by atoms with Gasteiger partial charge in [-0.05, 0) is 33.0 Å². The summed E-state index contributed by atoms with van der Waals surface area (Å²) in [4.78, 5) is 14.7. The maximum absolute atomic E-state index is 12.7. The lowest BCUT2D eigenvalue weighted by Crippen LogP contribution is -2.36. The van der Waals surface area contributed by atoms with Gasteiger partial charge in [0.25, 0.3) is 5.91 Å². The molecule has 2 aromatic rings. The van der Waals surface area contributed by atoms with E-state index < -0.39 is 0 Å². The normalized spacial score (nSPS) is 21.3. The second-order valence-electron chi connectivity index (χ2n) is 6.97. The summed E-state index contributed by atoms with van der Waals surface area (Å²) >= 11 is 0.